The topological polar surface area (TPSA) is 23.5 Å². The van der Waals surface area contributed by atoms with E-state index in [0.29, 0.717) is 12.1 Å². The first-order valence-electron chi connectivity index (χ1n) is 5.45. The first-order chi connectivity index (χ1) is 7.31. The summed E-state index contributed by atoms with van der Waals surface area (Å²) >= 11 is 0. The monoisotopic (exact) mass is 209 g/mol. The second-order valence-electron chi connectivity index (χ2n) is 3.95. The summed E-state index contributed by atoms with van der Waals surface area (Å²) in [5, 5.41) is 8.76. The molecule has 1 aromatic carbocycles. The van der Waals surface area contributed by atoms with Gasteiger partial charge in [0.05, 0.1) is 5.69 Å². The van der Waals surface area contributed by atoms with E-state index in [1.807, 2.05) is 12.1 Å². The molecule has 1 fully saturated rings. The predicted octanol–water partition coefficient (Wildman–Crippen LogP) is 1.96. The van der Waals surface area contributed by atoms with Crippen molar-refractivity contribution in [3.63, 3.8) is 0 Å². The van der Waals surface area contributed by atoms with Crippen molar-refractivity contribution < 1.29 is 9.50 Å². The second-order valence-corrected chi connectivity index (χ2v) is 3.95. The number of aliphatic hydroxyl groups is 1. The minimum Gasteiger partial charge on any atom is -0.396 e. The number of anilines is 1. The summed E-state index contributed by atoms with van der Waals surface area (Å²) in [5.74, 6) is -0.164. The van der Waals surface area contributed by atoms with Gasteiger partial charge in [-0.3, -0.25) is 0 Å². The predicted molar refractivity (Wildman–Crippen MR) is 58.6 cm³/mol. The third-order valence-electron chi connectivity index (χ3n) is 2.86. The van der Waals surface area contributed by atoms with Gasteiger partial charge in [-0.2, -0.15) is 0 Å². The molecule has 0 aliphatic carbocycles. The van der Waals surface area contributed by atoms with Crippen molar-refractivity contribution >= 4 is 5.69 Å². The van der Waals surface area contributed by atoms with Gasteiger partial charge in [-0.05, 0) is 37.0 Å². The first-order valence-corrected chi connectivity index (χ1v) is 5.45. The summed E-state index contributed by atoms with van der Waals surface area (Å²) < 4.78 is 13.7. The van der Waals surface area contributed by atoms with Crippen molar-refractivity contribution in [3.8, 4) is 0 Å². The van der Waals surface area contributed by atoms with E-state index in [1.54, 1.807) is 0 Å². The molecule has 0 spiro atoms. The molecule has 0 aromatic heterocycles. The fraction of sp³-hybridized carbons (Fsp3) is 0.500. The quantitative estimate of drug-likeness (QED) is 0.822. The van der Waals surface area contributed by atoms with E-state index in [-0.39, 0.29) is 12.4 Å². The van der Waals surface area contributed by atoms with E-state index >= 15 is 0 Å². The summed E-state index contributed by atoms with van der Waals surface area (Å²) in [4.78, 5) is 2.08. The highest BCUT2D eigenvalue weighted by atomic mass is 19.1. The summed E-state index contributed by atoms with van der Waals surface area (Å²) in [7, 11) is 0. The molecule has 3 heteroatoms. The third-order valence-corrected chi connectivity index (χ3v) is 2.86. The van der Waals surface area contributed by atoms with Gasteiger partial charge in [0, 0.05) is 19.7 Å². The SMILES string of the molecule is OCCc1ccc(N2CCCC2)c(F)c1. The number of benzene rings is 1. The van der Waals surface area contributed by atoms with Crippen LogP contribution in [0.15, 0.2) is 18.2 Å². The van der Waals surface area contributed by atoms with Gasteiger partial charge in [0.25, 0.3) is 0 Å². The van der Waals surface area contributed by atoms with Gasteiger partial charge in [0.15, 0.2) is 0 Å². The Labute approximate surface area is 89.3 Å². The van der Waals surface area contributed by atoms with Crippen LogP contribution < -0.4 is 4.90 Å². The average molecular weight is 209 g/mol. The molecule has 0 unspecified atom stereocenters. The molecule has 2 nitrogen and oxygen atoms in total. The summed E-state index contributed by atoms with van der Waals surface area (Å²) in [6.07, 6.45) is 2.83. The fourth-order valence-corrected chi connectivity index (χ4v) is 2.05. The van der Waals surface area contributed by atoms with Gasteiger partial charge < -0.3 is 10.0 Å². The van der Waals surface area contributed by atoms with Crippen molar-refractivity contribution in [1.82, 2.24) is 0 Å². The number of hydrogen-bond acceptors (Lipinski definition) is 2. The van der Waals surface area contributed by atoms with Crippen molar-refractivity contribution in [3.05, 3.63) is 29.6 Å². The van der Waals surface area contributed by atoms with Gasteiger partial charge in [-0.15, -0.1) is 0 Å². The molecule has 2 rings (SSSR count). The van der Waals surface area contributed by atoms with Gasteiger partial charge in [0.2, 0.25) is 0 Å². The molecule has 0 amide bonds. The lowest BCUT2D eigenvalue weighted by Crippen LogP contribution is -2.19. The minimum atomic E-state index is -0.164. The molecule has 1 aliphatic rings. The molecule has 1 N–H and O–H groups in total. The lowest BCUT2D eigenvalue weighted by atomic mass is 10.1. The summed E-state index contributed by atoms with van der Waals surface area (Å²) in [5.41, 5.74) is 1.56. The van der Waals surface area contributed by atoms with Crippen LogP contribution in [0.4, 0.5) is 10.1 Å². The highest BCUT2D eigenvalue weighted by molar-refractivity contribution is 5.49. The number of hydrogen-bond donors (Lipinski definition) is 1. The molecule has 82 valence electrons. The molecule has 1 saturated heterocycles. The van der Waals surface area contributed by atoms with E-state index in [2.05, 4.69) is 4.90 Å². The van der Waals surface area contributed by atoms with Crippen molar-refractivity contribution in [2.75, 3.05) is 24.6 Å². The maximum Gasteiger partial charge on any atom is 0.146 e. The van der Waals surface area contributed by atoms with Crippen LogP contribution >= 0.6 is 0 Å². The Kier molecular flexibility index (Phi) is 3.21. The number of nitrogens with zero attached hydrogens (tertiary/aromatic N) is 1. The van der Waals surface area contributed by atoms with Gasteiger partial charge in [-0.1, -0.05) is 6.07 Å². The van der Waals surface area contributed by atoms with Crippen LogP contribution in [0.3, 0.4) is 0 Å². The van der Waals surface area contributed by atoms with Crippen molar-refractivity contribution in [2.45, 2.75) is 19.3 Å². The second kappa shape index (κ2) is 4.62. The van der Waals surface area contributed by atoms with E-state index in [4.69, 9.17) is 5.11 Å². The molecule has 0 saturated carbocycles. The van der Waals surface area contributed by atoms with E-state index in [1.165, 1.54) is 6.07 Å². The molecule has 1 heterocycles. The van der Waals surface area contributed by atoms with Crippen LogP contribution in [0.25, 0.3) is 0 Å². The lowest BCUT2D eigenvalue weighted by Gasteiger charge is -2.18. The molecular formula is C12H16FNO. The van der Waals surface area contributed by atoms with Crippen LogP contribution in [0.2, 0.25) is 0 Å². The number of rotatable bonds is 3. The van der Waals surface area contributed by atoms with Gasteiger partial charge in [0.1, 0.15) is 5.82 Å². The van der Waals surface area contributed by atoms with Crippen molar-refractivity contribution in [2.24, 2.45) is 0 Å². The van der Waals surface area contributed by atoms with Gasteiger partial charge in [-0.25, -0.2) is 4.39 Å². The van der Waals surface area contributed by atoms with Crippen LogP contribution in [0, 0.1) is 5.82 Å². The highest BCUT2D eigenvalue weighted by Crippen LogP contribution is 2.24. The lowest BCUT2D eigenvalue weighted by molar-refractivity contribution is 0.299. The van der Waals surface area contributed by atoms with E-state index in [9.17, 15) is 4.39 Å². The third kappa shape index (κ3) is 2.29. The van der Waals surface area contributed by atoms with Crippen LogP contribution in [0.1, 0.15) is 18.4 Å². The Morgan fingerprint density at radius 1 is 1.27 bits per heavy atom. The van der Waals surface area contributed by atoms with Crippen LogP contribution in [0.5, 0.6) is 0 Å². The van der Waals surface area contributed by atoms with Crippen molar-refractivity contribution in [1.29, 1.82) is 0 Å². The molecular weight excluding hydrogens is 193 g/mol. The molecule has 0 radical (unpaired) electrons. The summed E-state index contributed by atoms with van der Waals surface area (Å²) in [6.45, 7) is 1.98. The average Bonchev–Trinajstić information content (AvgIpc) is 2.71. The molecule has 0 atom stereocenters. The Balaban J connectivity index is 2.18. The fourth-order valence-electron chi connectivity index (χ4n) is 2.05. The maximum absolute atomic E-state index is 13.7. The largest absolute Gasteiger partial charge is 0.396 e. The smallest absolute Gasteiger partial charge is 0.146 e. The van der Waals surface area contributed by atoms with Crippen LogP contribution in [-0.4, -0.2) is 24.8 Å². The minimum absolute atomic E-state index is 0.0719. The Bertz CT molecular complexity index is 334. The molecule has 1 aromatic rings. The van der Waals surface area contributed by atoms with E-state index in [0.717, 1.165) is 31.5 Å². The normalized spacial score (nSPS) is 16.0. The molecule has 0 bridgehead atoms. The van der Waals surface area contributed by atoms with Crippen LogP contribution in [-0.2, 0) is 6.42 Å². The summed E-state index contributed by atoms with van der Waals surface area (Å²) in [6, 6.07) is 5.25. The first kappa shape index (κ1) is 10.4. The zero-order valence-electron chi connectivity index (χ0n) is 8.75. The molecule has 15 heavy (non-hydrogen) atoms. The zero-order chi connectivity index (χ0) is 10.7. The Morgan fingerprint density at radius 3 is 2.60 bits per heavy atom. The number of halogens is 1. The zero-order valence-corrected chi connectivity index (χ0v) is 8.75. The number of aliphatic hydroxyl groups excluding tert-OH is 1. The highest BCUT2D eigenvalue weighted by Gasteiger charge is 2.15. The maximum atomic E-state index is 13.7. The van der Waals surface area contributed by atoms with E-state index < -0.39 is 0 Å². The Morgan fingerprint density at radius 2 is 2.00 bits per heavy atom. The standard InChI is InChI=1S/C12H16FNO/c13-11-9-10(5-8-15)3-4-12(11)14-6-1-2-7-14/h3-4,9,15H,1-2,5-8H2. The molecule has 1 aliphatic heterocycles. The van der Waals surface area contributed by atoms with Gasteiger partial charge >= 0.3 is 0 Å². The Hall–Kier alpha value is -1.09.